The summed E-state index contributed by atoms with van der Waals surface area (Å²) in [6, 6.07) is 2.14. The molecule has 0 radical (unpaired) electrons. The van der Waals surface area contributed by atoms with Gasteiger partial charge in [0.1, 0.15) is 5.76 Å². The number of likely N-dealkylation sites (N-methyl/N-ethyl adjacent to an activating group) is 1. The first-order valence-corrected chi connectivity index (χ1v) is 9.68. The molecule has 1 aromatic heterocycles. The molecule has 0 aromatic carbocycles. The molecular weight excluding hydrogens is 332 g/mol. The van der Waals surface area contributed by atoms with Crippen LogP contribution in [0.2, 0.25) is 0 Å². The number of piperidine rings is 1. The minimum absolute atomic E-state index is 0.116. The zero-order chi connectivity index (χ0) is 18.6. The van der Waals surface area contributed by atoms with Gasteiger partial charge >= 0.3 is 0 Å². The van der Waals surface area contributed by atoms with Gasteiger partial charge in [-0.15, -0.1) is 0 Å². The van der Waals surface area contributed by atoms with Crippen LogP contribution in [0.25, 0.3) is 0 Å². The summed E-state index contributed by atoms with van der Waals surface area (Å²) in [6.07, 6.45) is 3.23. The molecule has 0 spiro atoms. The number of aromatic nitrogens is 1. The van der Waals surface area contributed by atoms with E-state index in [-0.39, 0.29) is 11.9 Å². The van der Waals surface area contributed by atoms with Gasteiger partial charge in [-0.2, -0.15) is 0 Å². The first-order chi connectivity index (χ1) is 12.5. The number of ether oxygens (including phenoxy) is 1. The van der Waals surface area contributed by atoms with Crippen molar-refractivity contribution in [3.8, 4) is 0 Å². The fourth-order valence-corrected chi connectivity index (χ4v) is 4.07. The Kier molecular flexibility index (Phi) is 6.32. The molecule has 3 rings (SSSR count). The maximum Gasteiger partial charge on any atom is 0.227 e. The van der Waals surface area contributed by atoms with Gasteiger partial charge in [0.15, 0.2) is 0 Å². The van der Waals surface area contributed by atoms with Crippen molar-refractivity contribution in [3.05, 3.63) is 17.5 Å². The fraction of sp³-hybridized carbons (Fsp3) is 0.789. The highest BCUT2D eigenvalue weighted by atomic mass is 16.5. The molecule has 26 heavy (non-hydrogen) atoms. The van der Waals surface area contributed by atoms with E-state index in [0.29, 0.717) is 18.9 Å². The number of carbonyl (C=O) groups excluding carboxylic acids is 1. The van der Waals surface area contributed by atoms with Gasteiger partial charge < -0.3 is 24.8 Å². The summed E-state index contributed by atoms with van der Waals surface area (Å²) in [5.41, 5.74) is 0.539. The van der Waals surface area contributed by atoms with E-state index in [9.17, 15) is 4.79 Å². The average Bonchev–Trinajstić information content (AvgIpc) is 3.26. The first kappa shape index (κ1) is 19.3. The van der Waals surface area contributed by atoms with E-state index in [1.165, 1.54) is 0 Å². The maximum atomic E-state index is 13.1. The number of nitrogens with one attached hydrogen (secondary N) is 2. The molecule has 2 saturated heterocycles. The molecule has 2 aliphatic heterocycles. The van der Waals surface area contributed by atoms with Crippen molar-refractivity contribution in [1.29, 1.82) is 0 Å². The second kappa shape index (κ2) is 8.50. The Morgan fingerprint density at radius 2 is 2.23 bits per heavy atom. The largest absolute Gasteiger partial charge is 0.381 e. The van der Waals surface area contributed by atoms with E-state index < -0.39 is 5.41 Å². The van der Waals surface area contributed by atoms with Gasteiger partial charge in [0.25, 0.3) is 0 Å². The standard InChI is InChI=1S/C19H32N4O3/c1-14(12-23(2)3)21-18(24)19(5-7-20-8-6-19)11-16-10-17(22-26-16)15-4-9-25-13-15/h10,14-15,20H,4-9,11-13H2,1-3H3,(H,21,24)/t14-,15+/m1/s1. The highest BCUT2D eigenvalue weighted by molar-refractivity contribution is 5.83. The predicted octanol–water partition coefficient (Wildman–Crippen LogP) is 1.16. The van der Waals surface area contributed by atoms with Crippen LogP contribution in [0.15, 0.2) is 10.6 Å². The molecule has 2 atom stereocenters. The number of hydrogen-bond donors (Lipinski definition) is 2. The van der Waals surface area contributed by atoms with Gasteiger partial charge in [-0.05, 0) is 53.4 Å². The number of nitrogens with zero attached hydrogens (tertiary/aromatic N) is 2. The lowest BCUT2D eigenvalue weighted by atomic mass is 9.74. The average molecular weight is 364 g/mol. The molecule has 2 aliphatic rings. The van der Waals surface area contributed by atoms with Crippen LogP contribution in [-0.4, -0.2) is 68.9 Å². The van der Waals surface area contributed by atoms with Gasteiger partial charge in [-0.3, -0.25) is 4.79 Å². The molecule has 0 unspecified atom stereocenters. The van der Waals surface area contributed by atoms with Crippen molar-refractivity contribution < 1.29 is 14.1 Å². The second-order valence-corrected chi connectivity index (χ2v) is 8.12. The molecule has 3 heterocycles. The Bertz CT molecular complexity index is 589. The van der Waals surface area contributed by atoms with Crippen LogP contribution < -0.4 is 10.6 Å². The third kappa shape index (κ3) is 4.64. The van der Waals surface area contributed by atoms with E-state index in [1.807, 2.05) is 20.2 Å². The Hall–Kier alpha value is -1.44. The van der Waals surface area contributed by atoms with Crippen molar-refractivity contribution in [1.82, 2.24) is 20.7 Å². The summed E-state index contributed by atoms with van der Waals surface area (Å²) < 4.78 is 11.1. The number of amides is 1. The lowest BCUT2D eigenvalue weighted by Gasteiger charge is -2.36. The third-order valence-corrected chi connectivity index (χ3v) is 5.50. The molecule has 1 aromatic rings. The van der Waals surface area contributed by atoms with Crippen molar-refractivity contribution in [2.45, 2.75) is 44.6 Å². The second-order valence-electron chi connectivity index (χ2n) is 8.12. The van der Waals surface area contributed by atoms with Gasteiger partial charge in [-0.1, -0.05) is 5.16 Å². The highest BCUT2D eigenvalue weighted by Crippen LogP contribution is 2.35. The molecular formula is C19H32N4O3. The minimum atomic E-state index is -0.422. The van der Waals surface area contributed by atoms with Crippen LogP contribution in [0.5, 0.6) is 0 Å². The van der Waals surface area contributed by atoms with Crippen LogP contribution in [0.3, 0.4) is 0 Å². The Morgan fingerprint density at radius 1 is 1.46 bits per heavy atom. The molecule has 7 nitrogen and oxygen atoms in total. The van der Waals surface area contributed by atoms with Gasteiger partial charge in [0.2, 0.25) is 5.91 Å². The van der Waals surface area contributed by atoms with Crippen molar-refractivity contribution in [2.24, 2.45) is 5.41 Å². The normalized spacial score (nSPS) is 23.9. The number of carbonyl (C=O) groups is 1. The molecule has 0 saturated carbocycles. The van der Waals surface area contributed by atoms with Crippen molar-refractivity contribution in [3.63, 3.8) is 0 Å². The SMILES string of the molecule is C[C@H](CN(C)C)NC(=O)C1(Cc2cc([C@H]3CCOC3)no2)CCNCC1. The lowest BCUT2D eigenvalue weighted by molar-refractivity contribution is -0.133. The van der Waals surface area contributed by atoms with Crippen LogP contribution in [0, 0.1) is 5.41 Å². The van der Waals surface area contributed by atoms with Gasteiger partial charge in [0, 0.05) is 37.6 Å². The number of rotatable bonds is 7. The molecule has 2 fully saturated rings. The quantitative estimate of drug-likeness (QED) is 0.756. The molecule has 2 N–H and O–H groups in total. The van der Waals surface area contributed by atoms with Crippen LogP contribution in [-0.2, 0) is 16.0 Å². The summed E-state index contributed by atoms with van der Waals surface area (Å²) in [7, 11) is 4.04. The van der Waals surface area contributed by atoms with Crippen LogP contribution in [0.4, 0.5) is 0 Å². The summed E-state index contributed by atoms with van der Waals surface area (Å²) in [6.45, 7) is 6.09. The fourth-order valence-electron chi connectivity index (χ4n) is 4.07. The number of hydrogen-bond acceptors (Lipinski definition) is 6. The summed E-state index contributed by atoms with van der Waals surface area (Å²) >= 11 is 0. The molecule has 1 amide bonds. The van der Waals surface area contributed by atoms with E-state index in [4.69, 9.17) is 9.26 Å². The zero-order valence-electron chi connectivity index (χ0n) is 16.2. The maximum absolute atomic E-state index is 13.1. The smallest absolute Gasteiger partial charge is 0.227 e. The molecule has 0 bridgehead atoms. The van der Waals surface area contributed by atoms with Crippen LogP contribution >= 0.6 is 0 Å². The summed E-state index contributed by atoms with van der Waals surface area (Å²) in [5.74, 6) is 1.27. The van der Waals surface area contributed by atoms with E-state index in [1.54, 1.807) is 0 Å². The Morgan fingerprint density at radius 3 is 2.88 bits per heavy atom. The van der Waals surface area contributed by atoms with E-state index in [2.05, 4.69) is 27.6 Å². The predicted molar refractivity (Wildman–Crippen MR) is 99.1 cm³/mol. The van der Waals surface area contributed by atoms with Crippen molar-refractivity contribution in [2.75, 3.05) is 46.9 Å². The Labute approximate surface area is 155 Å². The van der Waals surface area contributed by atoms with Crippen LogP contribution in [0.1, 0.15) is 43.6 Å². The Balaban J connectivity index is 1.69. The first-order valence-electron chi connectivity index (χ1n) is 9.68. The van der Waals surface area contributed by atoms with Crippen molar-refractivity contribution >= 4 is 5.91 Å². The summed E-state index contributed by atoms with van der Waals surface area (Å²) in [5, 5.41) is 10.8. The van der Waals surface area contributed by atoms with Gasteiger partial charge in [-0.25, -0.2) is 0 Å². The van der Waals surface area contributed by atoms with E-state index >= 15 is 0 Å². The van der Waals surface area contributed by atoms with E-state index in [0.717, 1.165) is 57.0 Å². The van der Waals surface area contributed by atoms with Gasteiger partial charge in [0.05, 0.1) is 17.7 Å². The zero-order valence-corrected chi connectivity index (χ0v) is 16.2. The summed E-state index contributed by atoms with van der Waals surface area (Å²) in [4.78, 5) is 15.2. The lowest BCUT2D eigenvalue weighted by Crippen LogP contribution is -2.52. The topological polar surface area (TPSA) is 79.6 Å². The minimum Gasteiger partial charge on any atom is -0.381 e. The molecule has 7 heteroatoms. The molecule has 146 valence electrons. The highest BCUT2D eigenvalue weighted by Gasteiger charge is 2.41. The molecule has 0 aliphatic carbocycles. The monoisotopic (exact) mass is 364 g/mol. The third-order valence-electron chi connectivity index (χ3n) is 5.50.